The Hall–Kier alpha value is -3.81. The van der Waals surface area contributed by atoms with Crippen LogP contribution in [0.4, 0.5) is 16.2 Å². The molecule has 0 bridgehead atoms. The van der Waals surface area contributed by atoms with E-state index in [0.29, 0.717) is 37.6 Å². The maximum atomic E-state index is 12.9. The second-order valence-electron chi connectivity index (χ2n) is 8.33. The molecular weight excluding hydrogens is 414 g/mol. The van der Waals surface area contributed by atoms with Gasteiger partial charge in [-0.15, -0.1) is 5.10 Å². The van der Waals surface area contributed by atoms with Crippen LogP contribution in [0.25, 0.3) is 0 Å². The summed E-state index contributed by atoms with van der Waals surface area (Å²) in [5.41, 5.74) is 0.985. The molecule has 0 atom stereocenters. The van der Waals surface area contributed by atoms with E-state index in [1.807, 2.05) is 31.7 Å². The van der Waals surface area contributed by atoms with Gasteiger partial charge < -0.3 is 24.6 Å². The molecule has 170 valence electrons. The maximum Gasteiger partial charge on any atom is 0.410 e. The zero-order valence-electron chi connectivity index (χ0n) is 18.9. The molecular formula is C21H27N7O4. The molecule has 1 saturated heterocycles. The summed E-state index contributed by atoms with van der Waals surface area (Å²) in [7, 11) is 3.13. The summed E-state index contributed by atoms with van der Waals surface area (Å²) in [6.45, 7) is 7.44. The van der Waals surface area contributed by atoms with E-state index >= 15 is 0 Å². The highest BCUT2D eigenvalue weighted by Gasteiger charge is 2.27. The molecule has 0 unspecified atom stereocenters. The van der Waals surface area contributed by atoms with Crippen molar-refractivity contribution in [1.82, 2.24) is 19.7 Å². The van der Waals surface area contributed by atoms with Gasteiger partial charge in [0, 0.05) is 45.5 Å². The van der Waals surface area contributed by atoms with Gasteiger partial charge in [0.1, 0.15) is 22.9 Å². The van der Waals surface area contributed by atoms with Gasteiger partial charge in [-0.05, 0) is 20.8 Å². The Bertz CT molecular complexity index is 1040. The minimum Gasteiger partial charge on any atom is -0.479 e. The smallest absolute Gasteiger partial charge is 0.410 e. The van der Waals surface area contributed by atoms with Gasteiger partial charge in [-0.3, -0.25) is 9.48 Å². The van der Waals surface area contributed by atoms with E-state index in [1.165, 1.54) is 17.9 Å². The molecule has 32 heavy (non-hydrogen) atoms. The van der Waals surface area contributed by atoms with Crippen molar-refractivity contribution in [2.75, 3.05) is 43.5 Å². The van der Waals surface area contributed by atoms with Crippen LogP contribution in [-0.2, 0) is 11.8 Å². The molecule has 0 aliphatic carbocycles. The van der Waals surface area contributed by atoms with Gasteiger partial charge in [0.15, 0.2) is 0 Å². The highest BCUT2D eigenvalue weighted by atomic mass is 16.6. The number of nitriles is 1. The third-order valence-corrected chi connectivity index (χ3v) is 4.75. The number of rotatable bonds is 4. The van der Waals surface area contributed by atoms with Crippen LogP contribution < -0.4 is 15.0 Å². The maximum absolute atomic E-state index is 12.9. The van der Waals surface area contributed by atoms with Crippen LogP contribution >= 0.6 is 0 Å². The minimum absolute atomic E-state index is 0.176. The van der Waals surface area contributed by atoms with E-state index in [2.05, 4.69) is 15.4 Å². The summed E-state index contributed by atoms with van der Waals surface area (Å²) in [5.74, 6) is -0.217. The quantitative estimate of drug-likeness (QED) is 0.764. The van der Waals surface area contributed by atoms with Crippen molar-refractivity contribution in [3.8, 4) is 11.9 Å². The second kappa shape index (κ2) is 9.13. The molecule has 0 radical (unpaired) electrons. The van der Waals surface area contributed by atoms with E-state index in [1.54, 1.807) is 24.3 Å². The molecule has 0 spiro atoms. The van der Waals surface area contributed by atoms with Crippen molar-refractivity contribution in [3.63, 3.8) is 0 Å². The number of nitrogens with one attached hydrogen (secondary N) is 1. The van der Waals surface area contributed by atoms with Crippen LogP contribution in [0.1, 0.15) is 36.8 Å². The first-order valence-corrected chi connectivity index (χ1v) is 10.1. The van der Waals surface area contributed by atoms with Gasteiger partial charge in [-0.1, -0.05) is 0 Å². The highest BCUT2D eigenvalue weighted by Crippen LogP contribution is 2.28. The van der Waals surface area contributed by atoms with Gasteiger partial charge in [-0.25, -0.2) is 9.78 Å². The molecule has 0 aromatic carbocycles. The lowest BCUT2D eigenvalue weighted by Crippen LogP contribution is -2.50. The largest absolute Gasteiger partial charge is 0.479 e. The molecule has 3 rings (SSSR count). The lowest BCUT2D eigenvalue weighted by Gasteiger charge is -2.37. The monoisotopic (exact) mass is 441 g/mol. The van der Waals surface area contributed by atoms with Gasteiger partial charge >= 0.3 is 6.09 Å². The molecule has 1 N–H and O–H groups in total. The van der Waals surface area contributed by atoms with Crippen LogP contribution in [-0.4, -0.2) is 70.6 Å². The number of hydrogen-bond acceptors (Lipinski definition) is 8. The van der Waals surface area contributed by atoms with E-state index in [4.69, 9.17) is 9.47 Å². The van der Waals surface area contributed by atoms with Crippen molar-refractivity contribution in [2.45, 2.75) is 26.4 Å². The summed E-state index contributed by atoms with van der Waals surface area (Å²) in [4.78, 5) is 33.0. The molecule has 1 aliphatic rings. The first kappa shape index (κ1) is 22.9. The topological polar surface area (TPSA) is 126 Å². The number of ether oxygens (including phenoxy) is 2. The Morgan fingerprint density at radius 3 is 2.50 bits per heavy atom. The zero-order valence-corrected chi connectivity index (χ0v) is 18.9. The van der Waals surface area contributed by atoms with Crippen molar-refractivity contribution in [1.29, 1.82) is 5.26 Å². The number of carbonyl (C=O) groups is 2. The molecule has 2 aromatic heterocycles. The molecule has 11 heteroatoms. The number of amides is 2. The van der Waals surface area contributed by atoms with Gasteiger partial charge in [-0.2, -0.15) is 5.26 Å². The molecule has 1 fully saturated rings. The van der Waals surface area contributed by atoms with E-state index < -0.39 is 11.5 Å². The Kier molecular flexibility index (Phi) is 6.53. The van der Waals surface area contributed by atoms with E-state index in [-0.39, 0.29) is 23.2 Å². The molecule has 0 saturated carbocycles. The SMILES string of the molecule is COc1nn(C)cc1C(=O)Nc1cc(C#N)ncc1N1CCN(C(=O)OC(C)(C)C)CC1. The summed E-state index contributed by atoms with van der Waals surface area (Å²) < 4.78 is 12.1. The number of aromatic nitrogens is 3. The van der Waals surface area contributed by atoms with Crippen LogP contribution in [0.5, 0.6) is 5.88 Å². The lowest BCUT2D eigenvalue weighted by molar-refractivity contribution is 0.0240. The molecule has 2 amide bonds. The number of anilines is 2. The van der Waals surface area contributed by atoms with Crippen LogP contribution in [0, 0.1) is 11.3 Å². The number of aryl methyl sites for hydroxylation is 1. The van der Waals surface area contributed by atoms with E-state index in [0.717, 1.165) is 0 Å². The average molecular weight is 441 g/mol. The number of hydrogen-bond donors (Lipinski definition) is 1. The Balaban J connectivity index is 1.78. The normalized spacial score (nSPS) is 14.0. The summed E-state index contributed by atoms with van der Waals surface area (Å²) in [6, 6.07) is 3.51. The number of nitrogens with zero attached hydrogens (tertiary/aromatic N) is 6. The number of piperazine rings is 1. The minimum atomic E-state index is -0.559. The zero-order chi connectivity index (χ0) is 23.5. The first-order chi connectivity index (χ1) is 15.1. The number of methoxy groups -OCH3 is 1. The van der Waals surface area contributed by atoms with Crippen LogP contribution in [0.2, 0.25) is 0 Å². The van der Waals surface area contributed by atoms with Gasteiger partial charge in [0.2, 0.25) is 5.88 Å². The van der Waals surface area contributed by atoms with Crippen LogP contribution in [0.15, 0.2) is 18.5 Å². The van der Waals surface area contributed by atoms with Crippen LogP contribution in [0.3, 0.4) is 0 Å². The average Bonchev–Trinajstić information content (AvgIpc) is 3.13. The van der Waals surface area contributed by atoms with Gasteiger partial charge in [0.05, 0.1) is 24.7 Å². The Morgan fingerprint density at radius 2 is 1.91 bits per heavy atom. The first-order valence-electron chi connectivity index (χ1n) is 10.1. The molecule has 2 aromatic rings. The predicted molar refractivity (Wildman–Crippen MR) is 117 cm³/mol. The standard InChI is InChI=1S/C21H27N7O4/c1-21(2,3)32-20(30)28-8-6-27(7-9-28)17-12-23-14(11-22)10-16(17)24-18(29)15-13-26(4)25-19(15)31-5/h10,12-13H,6-9H2,1-5H3,(H,23,24,29). The fourth-order valence-corrected chi connectivity index (χ4v) is 3.28. The summed E-state index contributed by atoms with van der Waals surface area (Å²) in [6.07, 6.45) is 2.75. The fraction of sp³-hybridized carbons (Fsp3) is 0.476. The van der Waals surface area contributed by atoms with Crippen molar-refractivity contribution >= 4 is 23.4 Å². The second-order valence-corrected chi connectivity index (χ2v) is 8.33. The third-order valence-electron chi connectivity index (χ3n) is 4.75. The number of pyridine rings is 1. The van der Waals surface area contributed by atoms with E-state index in [9.17, 15) is 14.9 Å². The van der Waals surface area contributed by atoms with Crippen molar-refractivity contribution in [3.05, 3.63) is 29.7 Å². The molecule has 3 heterocycles. The Morgan fingerprint density at radius 1 is 1.22 bits per heavy atom. The summed E-state index contributed by atoms with van der Waals surface area (Å²) >= 11 is 0. The van der Waals surface area contributed by atoms with Crippen molar-refractivity contribution < 1.29 is 19.1 Å². The Labute approximate surface area is 186 Å². The number of carbonyl (C=O) groups excluding carboxylic acids is 2. The molecule has 11 nitrogen and oxygen atoms in total. The fourth-order valence-electron chi connectivity index (χ4n) is 3.28. The third kappa shape index (κ3) is 5.26. The molecule has 1 aliphatic heterocycles. The predicted octanol–water partition coefficient (Wildman–Crippen LogP) is 2.00. The highest BCUT2D eigenvalue weighted by molar-refractivity contribution is 6.07. The summed E-state index contributed by atoms with van der Waals surface area (Å²) in [5, 5.41) is 16.2. The van der Waals surface area contributed by atoms with Gasteiger partial charge in [0.25, 0.3) is 5.91 Å². The van der Waals surface area contributed by atoms with Crippen molar-refractivity contribution in [2.24, 2.45) is 7.05 Å². The lowest BCUT2D eigenvalue weighted by atomic mass is 10.2.